The standard InChI is InChI=1S/C15H18N2O/c18-15-13-7-12(4-3-11(13)8-16-15)17-14-6-9-1-2-10(14)5-9/h3-4,7,9-10,14,17H,1-2,5-6,8H2,(H,16,18)/t9-,10-,14-/m0/s1. The molecule has 0 radical (unpaired) electrons. The minimum Gasteiger partial charge on any atom is -0.382 e. The largest absolute Gasteiger partial charge is 0.382 e. The van der Waals surface area contributed by atoms with Crippen LogP contribution in [0.4, 0.5) is 5.69 Å². The smallest absolute Gasteiger partial charge is 0.251 e. The molecule has 1 heterocycles. The van der Waals surface area contributed by atoms with Gasteiger partial charge in [-0.15, -0.1) is 0 Å². The van der Waals surface area contributed by atoms with Crippen LogP contribution in [0, 0.1) is 11.8 Å². The quantitative estimate of drug-likeness (QED) is 0.836. The van der Waals surface area contributed by atoms with E-state index in [0.717, 1.165) is 28.7 Å². The summed E-state index contributed by atoms with van der Waals surface area (Å²) in [7, 11) is 0. The zero-order valence-electron chi connectivity index (χ0n) is 10.4. The molecule has 2 saturated carbocycles. The van der Waals surface area contributed by atoms with Crippen LogP contribution in [0.2, 0.25) is 0 Å². The molecule has 1 aliphatic heterocycles. The Bertz CT molecular complexity index is 511. The third kappa shape index (κ3) is 1.53. The summed E-state index contributed by atoms with van der Waals surface area (Å²) >= 11 is 0. The maximum Gasteiger partial charge on any atom is 0.251 e. The average molecular weight is 242 g/mol. The van der Waals surface area contributed by atoms with E-state index in [1.54, 1.807) is 0 Å². The van der Waals surface area contributed by atoms with Gasteiger partial charge >= 0.3 is 0 Å². The summed E-state index contributed by atoms with van der Waals surface area (Å²) < 4.78 is 0. The fourth-order valence-electron chi connectivity index (χ4n) is 3.94. The Labute approximate surface area is 107 Å². The van der Waals surface area contributed by atoms with Gasteiger partial charge in [-0.25, -0.2) is 0 Å². The van der Waals surface area contributed by atoms with Gasteiger partial charge in [-0.1, -0.05) is 12.5 Å². The third-order valence-electron chi connectivity index (χ3n) is 4.88. The van der Waals surface area contributed by atoms with Crippen molar-refractivity contribution in [1.82, 2.24) is 5.32 Å². The molecule has 1 aromatic rings. The molecule has 0 aromatic heterocycles. The van der Waals surface area contributed by atoms with Crippen molar-refractivity contribution in [3.05, 3.63) is 29.3 Å². The molecule has 3 aliphatic rings. The lowest BCUT2D eigenvalue weighted by atomic mass is 9.95. The van der Waals surface area contributed by atoms with Crippen molar-refractivity contribution in [2.75, 3.05) is 5.32 Å². The number of hydrogen-bond donors (Lipinski definition) is 2. The van der Waals surface area contributed by atoms with Crippen LogP contribution in [-0.4, -0.2) is 11.9 Å². The first-order valence-corrected chi connectivity index (χ1v) is 6.97. The minimum absolute atomic E-state index is 0.0709. The fraction of sp³-hybridized carbons (Fsp3) is 0.533. The Morgan fingerprint density at radius 3 is 2.94 bits per heavy atom. The first-order valence-electron chi connectivity index (χ1n) is 6.97. The van der Waals surface area contributed by atoms with Crippen molar-refractivity contribution >= 4 is 11.6 Å². The zero-order valence-corrected chi connectivity index (χ0v) is 10.4. The molecule has 2 bridgehead atoms. The molecule has 1 aromatic carbocycles. The van der Waals surface area contributed by atoms with Gasteiger partial charge in [-0.2, -0.15) is 0 Å². The van der Waals surface area contributed by atoms with Crippen molar-refractivity contribution in [2.45, 2.75) is 38.3 Å². The third-order valence-corrected chi connectivity index (χ3v) is 4.88. The number of benzene rings is 1. The number of fused-ring (bicyclic) bond motifs is 3. The number of rotatable bonds is 2. The number of hydrogen-bond acceptors (Lipinski definition) is 2. The summed E-state index contributed by atoms with van der Waals surface area (Å²) in [4.78, 5) is 11.6. The molecular weight excluding hydrogens is 224 g/mol. The average Bonchev–Trinajstić information content (AvgIpc) is 3.06. The number of nitrogens with one attached hydrogen (secondary N) is 2. The fourth-order valence-corrected chi connectivity index (χ4v) is 3.94. The first-order chi connectivity index (χ1) is 8.79. The van der Waals surface area contributed by atoms with E-state index in [1.807, 2.05) is 6.07 Å². The molecule has 3 nitrogen and oxygen atoms in total. The first kappa shape index (κ1) is 10.4. The van der Waals surface area contributed by atoms with E-state index in [-0.39, 0.29) is 5.91 Å². The van der Waals surface area contributed by atoms with Crippen LogP contribution in [0.1, 0.15) is 41.6 Å². The van der Waals surface area contributed by atoms with Crippen molar-refractivity contribution in [3.8, 4) is 0 Å². The van der Waals surface area contributed by atoms with Crippen LogP contribution in [0.3, 0.4) is 0 Å². The molecule has 1 amide bonds. The molecule has 94 valence electrons. The molecule has 18 heavy (non-hydrogen) atoms. The second kappa shape index (κ2) is 3.74. The molecule has 3 heteroatoms. The van der Waals surface area contributed by atoms with Crippen LogP contribution < -0.4 is 10.6 Å². The van der Waals surface area contributed by atoms with Gasteiger partial charge in [0.25, 0.3) is 5.91 Å². The van der Waals surface area contributed by atoms with E-state index in [1.165, 1.54) is 25.7 Å². The van der Waals surface area contributed by atoms with Gasteiger partial charge in [0, 0.05) is 23.8 Å². The summed E-state index contributed by atoms with van der Waals surface area (Å²) in [5.74, 6) is 1.88. The lowest BCUT2D eigenvalue weighted by Crippen LogP contribution is -2.25. The molecule has 0 saturated heterocycles. The van der Waals surface area contributed by atoms with E-state index in [0.29, 0.717) is 12.6 Å². The topological polar surface area (TPSA) is 41.1 Å². The number of amides is 1. The highest BCUT2D eigenvalue weighted by Crippen LogP contribution is 2.45. The van der Waals surface area contributed by atoms with Crippen molar-refractivity contribution in [3.63, 3.8) is 0 Å². The van der Waals surface area contributed by atoms with Crippen molar-refractivity contribution in [2.24, 2.45) is 11.8 Å². The predicted octanol–water partition coefficient (Wildman–Crippen LogP) is 2.53. The van der Waals surface area contributed by atoms with E-state index >= 15 is 0 Å². The Kier molecular flexibility index (Phi) is 2.16. The Morgan fingerprint density at radius 2 is 2.17 bits per heavy atom. The van der Waals surface area contributed by atoms with Gasteiger partial charge in [0.1, 0.15) is 0 Å². The SMILES string of the molecule is O=C1NCc2ccc(N[C@H]3C[C@H]4CC[C@H]3C4)cc21. The second-order valence-electron chi connectivity index (χ2n) is 5.98. The molecule has 2 aliphatic carbocycles. The number of anilines is 1. The summed E-state index contributed by atoms with van der Waals surface area (Å²) in [6.07, 6.45) is 5.53. The van der Waals surface area contributed by atoms with E-state index in [4.69, 9.17) is 0 Å². The summed E-state index contributed by atoms with van der Waals surface area (Å²) in [6, 6.07) is 6.84. The highest BCUT2D eigenvalue weighted by Gasteiger charge is 2.39. The zero-order chi connectivity index (χ0) is 12.1. The van der Waals surface area contributed by atoms with Crippen LogP contribution >= 0.6 is 0 Å². The Balaban J connectivity index is 1.55. The maximum absolute atomic E-state index is 11.6. The van der Waals surface area contributed by atoms with Crippen molar-refractivity contribution < 1.29 is 4.79 Å². The maximum atomic E-state index is 11.6. The Hall–Kier alpha value is -1.51. The van der Waals surface area contributed by atoms with Crippen LogP contribution in [0.25, 0.3) is 0 Å². The van der Waals surface area contributed by atoms with E-state index < -0.39 is 0 Å². The van der Waals surface area contributed by atoms with Crippen LogP contribution in [0.15, 0.2) is 18.2 Å². The summed E-state index contributed by atoms with van der Waals surface area (Å²) in [5.41, 5.74) is 3.09. The van der Waals surface area contributed by atoms with Gasteiger partial charge in [0.2, 0.25) is 0 Å². The van der Waals surface area contributed by atoms with Crippen LogP contribution in [-0.2, 0) is 6.54 Å². The molecule has 0 spiro atoms. The lowest BCUT2D eigenvalue weighted by molar-refractivity contribution is 0.0966. The van der Waals surface area contributed by atoms with E-state index in [9.17, 15) is 4.79 Å². The number of carbonyl (C=O) groups is 1. The molecular formula is C15H18N2O. The van der Waals surface area contributed by atoms with Gasteiger partial charge in [-0.3, -0.25) is 4.79 Å². The molecule has 4 rings (SSSR count). The lowest BCUT2D eigenvalue weighted by Gasteiger charge is -2.24. The predicted molar refractivity (Wildman–Crippen MR) is 70.5 cm³/mol. The molecule has 2 N–H and O–H groups in total. The normalized spacial score (nSPS) is 32.4. The summed E-state index contributed by atoms with van der Waals surface area (Å²) in [5, 5.41) is 6.51. The highest BCUT2D eigenvalue weighted by molar-refractivity contribution is 5.99. The summed E-state index contributed by atoms with van der Waals surface area (Å²) in [6.45, 7) is 0.683. The molecule has 0 unspecified atom stereocenters. The minimum atomic E-state index is 0.0709. The van der Waals surface area contributed by atoms with Crippen molar-refractivity contribution in [1.29, 1.82) is 0 Å². The van der Waals surface area contributed by atoms with Crippen LogP contribution in [0.5, 0.6) is 0 Å². The highest BCUT2D eigenvalue weighted by atomic mass is 16.1. The molecule has 2 fully saturated rings. The number of carbonyl (C=O) groups excluding carboxylic acids is 1. The monoisotopic (exact) mass is 242 g/mol. The van der Waals surface area contributed by atoms with Gasteiger partial charge in [-0.05, 0) is 48.8 Å². The van der Waals surface area contributed by atoms with E-state index in [2.05, 4.69) is 22.8 Å². The van der Waals surface area contributed by atoms with Gasteiger partial charge in [0.05, 0.1) is 0 Å². The molecule has 3 atom stereocenters. The Morgan fingerprint density at radius 1 is 1.22 bits per heavy atom. The van der Waals surface area contributed by atoms with Gasteiger partial charge < -0.3 is 10.6 Å². The second-order valence-corrected chi connectivity index (χ2v) is 5.98. The van der Waals surface area contributed by atoms with Gasteiger partial charge in [0.15, 0.2) is 0 Å².